The second kappa shape index (κ2) is 5.26. The molecule has 0 spiro atoms. The lowest BCUT2D eigenvalue weighted by Gasteiger charge is -2.38. The first-order valence-corrected chi connectivity index (χ1v) is 6.79. The van der Waals surface area contributed by atoms with Crippen molar-refractivity contribution >= 4 is 11.8 Å². The van der Waals surface area contributed by atoms with Gasteiger partial charge in [0, 0.05) is 32.1 Å². The van der Waals surface area contributed by atoms with Crippen LogP contribution >= 0.6 is 0 Å². The second-order valence-corrected chi connectivity index (χ2v) is 5.64. The third-order valence-electron chi connectivity index (χ3n) is 4.45. The molecule has 0 aromatic heterocycles. The zero-order valence-electron chi connectivity index (χ0n) is 11.3. The van der Waals surface area contributed by atoms with Gasteiger partial charge in [0.25, 0.3) is 0 Å². The van der Waals surface area contributed by atoms with Crippen molar-refractivity contribution < 1.29 is 9.59 Å². The predicted octanol–water partition coefficient (Wildman–Crippen LogP) is 0.0505. The number of nitrogens with two attached hydrogens (primary N) is 1. The van der Waals surface area contributed by atoms with E-state index in [1.54, 1.807) is 16.8 Å². The van der Waals surface area contributed by atoms with Crippen LogP contribution in [0.25, 0.3) is 0 Å². The molecule has 0 aromatic rings. The molecule has 5 heteroatoms. The maximum absolute atomic E-state index is 12.5. The number of likely N-dealkylation sites (N-methyl/N-ethyl adjacent to an activating group) is 1. The Hall–Kier alpha value is -1.10. The van der Waals surface area contributed by atoms with Crippen LogP contribution in [0.1, 0.15) is 26.2 Å². The molecule has 18 heavy (non-hydrogen) atoms. The van der Waals surface area contributed by atoms with Gasteiger partial charge in [-0.2, -0.15) is 0 Å². The van der Waals surface area contributed by atoms with Crippen LogP contribution in [-0.4, -0.2) is 54.3 Å². The van der Waals surface area contributed by atoms with E-state index in [2.05, 4.69) is 6.92 Å². The molecule has 102 valence electrons. The van der Waals surface area contributed by atoms with E-state index >= 15 is 0 Å². The second-order valence-electron chi connectivity index (χ2n) is 5.64. The Bertz CT molecular complexity index is 345. The van der Waals surface area contributed by atoms with Crippen molar-refractivity contribution in [2.24, 2.45) is 17.6 Å². The number of amides is 2. The molecule has 3 unspecified atom stereocenters. The van der Waals surface area contributed by atoms with Crippen molar-refractivity contribution in [1.29, 1.82) is 0 Å². The summed E-state index contributed by atoms with van der Waals surface area (Å²) in [6.07, 6.45) is 2.93. The molecule has 5 nitrogen and oxygen atoms in total. The quantitative estimate of drug-likeness (QED) is 0.718. The maximum Gasteiger partial charge on any atom is 0.241 e. The van der Waals surface area contributed by atoms with E-state index in [0.29, 0.717) is 13.1 Å². The maximum atomic E-state index is 12.5. The van der Waals surface area contributed by atoms with Gasteiger partial charge in [0.2, 0.25) is 11.8 Å². The summed E-state index contributed by atoms with van der Waals surface area (Å²) in [6.45, 7) is 3.58. The number of rotatable bonds is 1. The number of carbonyl (C=O) groups is 2. The monoisotopic (exact) mass is 253 g/mol. The summed E-state index contributed by atoms with van der Waals surface area (Å²) in [7, 11) is 1.78. The molecule has 1 heterocycles. The molecule has 0 aromatic carbocycles. The Morgan fingerprint density at radius 1 is 1.33 bits per heavy atom. The predicted molar refractivity (Wildman–Crippen MR) is 68.7 cm³/mol. The lowest BCUT2D eigenvalue weighted by Crippen LogP contribution is -2.54. The standard InChI is InChI=1S/C13H23N3O2/c1-9-10(4-3-5-11(9)14)13(18)16-7-6-15(2)12(17)8-16/h9-11H,3-8,14H2,1-2H3. The van der Waals surface area contributed by atoms with Gasteiger partial charge in [-0.15, -0.1) is 0 Å². The number of nitrogens with zero attached hydrogens (tertiary/aromatic N) is 2. The highest BCUT2D eigenvalue weighted by molar-refractivity contribution is 5.87. The zero-order valence-corrected chi connectivity index (χ0v) is 11.3. The third kappa shape index (κ3) is 2.51. The summed E-state index contributed by atoms with van der Waals surface area (Å²) in [5.41, 5.74) is 6.04. The molecule has 2 fully saturated rings. The summed E-state index contributed by atoms with van der Waals surface area (Å²) >= 11 is 0. The fourth-order valence-electron chi connectivity index (χ4n) is 2.93. The molecular formula is C13H23N3O2. The van der Waals surface area contributed by atoms with Crippen molar-refractivity contribution in [2.75, 3.05) is 26.7 Å². The molecular weight excluding hydrogens is 230 g/mol. The van der Waals surface area contributed by atoms with E-state index in [9.17, 15) is 9.59 Å². The Balaban J connectivity index is 2.00. The number of hydrogen-bond donors (Lipinski definition) is 1. The molecule has 1 aliphatic carbocycles. The fourth-order valence-corrected chi connectivity index (χ4v) is 2.93. The minimum atomic E-state index is 0.00459. The van der Waals surface area contributed by atoms with Crippen molar-refractivity contribution in [3.8, 4) is 0 Å². The molecule has 0 radical (unpaired) electrons. The average molecular weight is 253 g/mol. The van der Waals surface area contributed by atoms with E-state index in [4.69, 9.17) is 5.73 Å². The van der Waals surface area contributed by atoms with Crippen LogP contribution in [-0.2, 0) is 9.59 Å². The van der Waals surface area contributed by atoms with Crippen molar-refractivity contribution in [2.45, 2.75) is 32.2 Å². The summed E-state index contributed by atoms with van der Waals surface area (Å²) in [5.74, 6) is 0.382. The first-order chi connectivity index (χ1) is 8.50. The van der Waals surface area contributed by atoms with Crippen LogP contribution in [0.5, 0.6) is 0 Å². The number of piperazine rings is 1. The van der Waals surface area contributed by atoms with Crippen LogP contribution in [0.15, 0.2) is 0 Å². The van der Waals surface area contributed by atoms with Crippen LogP contribution in [0.2, 0.25) is 0 Å². The SMILES string of the molecule is CC1C(N)CCCC1C(=O)N1CCN(C)C(=O)C1. The van der Waals surface area contributed by atoms with Gasteiger partial charge in [-0.3, -0.25) is 9.59 Å². The van der Waals surface area contributed by atoms with Gasteiger partial charge in [0.1, 0.15) is 0 Å². The summed E-state index contributed by atoms with van der Waals surface area (Å²) < 4.78 is 0. The van der Waals surface area contributed by atoms with E-state index in [1.165, 1.54) is 0 Å². The average Bonchev–Trinajstić information content (AvgIpc) is 2.35. The zero-order chi connectivity index (χ0) is 13.3. The Kier molecular flexibility index (Phi) is 3.90. The molecule has 2 N–H and O–H groups in total. The molecule has 3 atom stereocenters. The van der Waals surface area contributed by atoms with Gasteiger partial charge in [0.05, 0.1) is 6.54 Å². The van der Waals surface area contributed by atoms with Crippen molar-refractivity contribution in [1.82, 2.24) is 9.80 Å². The van der Waals surface area contributed by atoms with Gasteiger partial charge in [0.15, 0.2) is 0 Å². The number of hydrogen-bond acceptors (Lipinski definition) is 3. The molecule has 1 saturated heterocycles. The summed E-state index contributed by atoms with van der Waals surface area (Å²) in [5, 5.41) is 0. The van der Waals surface area contributed by atoms with Gasteiger partial charge in [-0.05, 0) is 18.8 Å². The molecule has 1 aliphatic heterocycles. The molecule has 2 amide bonds. The lowest BCUT2D eigenvalue weighted by atomic mass is 9.76. The third-order valence-corrected chi connectivity index (χ3v) is 4.45. The van der Waals surface area contributed by atoms with Gasteiger partial charge >= 0.3 is 0 Å². The van der Waals surface area contributed by atoms with E-state index in [-0.39, 0.29) is 36.2 Å². The lowest BCUT2D eigenvalue weighted by molar-refractivity contribution is -0.148. The molecule has 0 bridgehead atoms. The Morgan fingerprint density at radius 3 is 2.72 bits per heavy atom. The highest BCUT2D eigenvalue weighted by atomic mass is 16.2. The minimum Gasteiger partial charge on any atom is -0.342 e. The number of carbonyl (C=O) groups excluding carboxylic acids is 2. The van der Waals surface area contributed by atoms with E-state index in [0.717, 1.165) is 19.3 Å². The Morgan fingerprint density at radius 2 is 2.06 bits per heavy atom. The first-order valence-electron chi connectivity index (χ1n) is 6.79. The highest BCUT2D eigenvalue weighted by Crippen LogP contribution is 2.30. The van der Waals surface area contributed by atoms with Gasteiger partial charge in [-0.1, -0.05) is 13.3 Å². The van der Waals surface area contributed by atoms with Crippen LogP contribution in [0.3, 0.4) is 0 Å². The van der Waals surface area contributed by atoms with Crippen LogP contribution in [0.4, 0.5) is 0 Å². The molecule has 1 saturated carbocycles. The van der Waals surface area contributed by atoms with Gasteiger partial charge < -0.3 is 15.5 Å². The van der Waals surface area contributed by atoms with E-state index in [1.807, 2.05) is 0 Å². The first kappa shape index (κ1) is 13.3. The van der Waals surface area contributed by atoms with Crippen molar-refractivity contribution in [3.63, 3.8) is 0 Å². The summed E-state index contributed by atoms with van der Waals surface area (Å²) in [6, 6.07) is 0.121. The Labute approximate surface area is 108 Å². The largest absolute Gasteiger partial charge is 0.342 e. The molecule has 2 aliphatic rings. The summed E-state index contributed by atoms with van der Waals surface area (Å²) in [4.78, 5) is 27.5. The van der Waals surface area contributed by atoms with Crippen LogP contribution in [0, 0.1) is 11.8 Å². The smallest absolute Gasteiger partial charge is 0.241 e. The molecule has 2 rings (SSSR count). The normalized spacial score (nSPS) is 33.7. The minimum absolute atomic E-state index is 0.00459. The van der Waals surface area contributed by atoms with Gasteiger partial charge in [-0.25, -0.2) is 0 Å². The fraction of sp³-hybridized carbons (Fsp3) is 0.846. The highest BCUT2D eigenvalue weighted by Gasteiger charge is 2.36. The van der Waals surface area contributed by atoms with Crippen molar-refractivity contribution in [3.05, 3.63) is 0 Å². The van der Waals surface area contributed by atoms with E-state index < -0.39 is 0 Å². The topological polar surface area (TPSA) is 66.6 Å². The van der Waals surface area contributed by atoms with Crippen LogP contribution < -0.4 is 5.73 Å².